The first-order chi connectivity index (χ1) is 15.6. The van der Waals surface area contributed by atoms with Crippen LogP contribution in [0.4, 0.5) is 11.4 Å². The fourth-order valence-corrected chi connectivity index (χ4v) is 7.26. The number of likely N-dealkylation sites (N-methyl/N-ethyl adjacent to an activating group) is 1. The van der Waals surface area contributed by atoms with E-state index in [-0.39, 0.29) is 17.2 Å². The molecule has 1 amide bonds. The summed E-state index contributed by atoms with van der Waals surface area (Å²) in [4.78, 5) is 21.5. The normalized spacial score (nSPS) is 23.0. The summed E-state index contributed by atoms with van der Waals surface area (Å²) in [6.07, 6.45) is 6.12. The van der Waals surface area contributed by atoms with Crippen LogP contribution in [0.3, 0.4) is 0 Å². The smallest absolute Gasteiger partial charge is 0.232 e. The topological polar surface area (TPSA) is 73.8 Å². The lowest BCUT2D eigenvalue weighted by Crippen LogP contribution is -2.50. The summed E-state index contributed by atoms with van der Waals surface area (Å²) >= 11 is 6.27. The van der Waals surface area contributed by atoms with Gasteiger partial charge in [0.25, 0.3) is 0 Å². The van der Waals surface area contributed by atoms with E-state index in [1.54, 1.807) is 21.6 Å². The second-order valence-electron chi connectivity index (χ2n) is 9.82. The first-order valence-corrected chi connectivity index (χ1v) is 13.3. The monoisotopic (exact) mass is 488 g/mol. The van der Waals surface area contributed by atoms with Crippen molar-refractivity contribution >= 4 is 38.9 Å². The highest BCUT2D eigenvalue weighted by Crippen LogP contribution is 2.41. The number of hydrogen-bond donors (Lipinski definition) is 0. The summed E-state index contributed by atoms with van der Waals surface area (Å²) in [5, 5.41) is 0.463. The average Bonchev–Trinajstić information content (AvgIpc) is 3.51. The molecule has 176 valence electrons. The van der Waals surface area contributed by atoms with Gasteiger partial charge in [0.05, 0.1) is 41.0 Å². The van der Waals surface area contributed by atoms with E-state index in [0.717, 1.165) is 41.8 Å². The average molecular weight is 489 g/mol. The number of sulfonamides is 1. The van der Waals surface area contributed by atoms with Crippen molar-refractivity contribution in [2.24, 2.45) is 0 Å². The van der Waals surface area contributed by atoms with Gasteiger partial charge in [-0.3, -0.25) is 9.78 Å². The summed E-state index contributed by atoms with van der Waals surface area (Å²) in [5.41, 5.74) is 3.03. The van der Waals surface area contributed by atoms with E-state index >= 15 is 0 Å². The number of benzene rings is 1. The summed E-state index contributed by atoms with van der Waals surface area (Å²) in [6.45, 7) is 5.08. The van der Waals surface area contributed by atoms with Gasteiger partial charge in [-0.2, -0.15) is 4.31 Å². The summed E-state index contributed by atoms with van der Waals surface area (Å²) in [6, 6.07) is 7.73. The highest BCUT2D eigenvalue weighted by Gasteiger charge is 2.44. The molecule has 0 bridgehead atoms. The minimum absolute atomic E-state index is 0.0130. The number of rotatable bonds is 5. The Kier molecular flexibility index (Phi) is 5.46. The Hall–Kier alpha value is -2.16. The van der Waals surface area contributed by atoms with E-state index in [9.17, 15) is 13.2 Å². The Morgan fingerprint density at radius 1 is 1.15 bits per heavy atom. The number of hydrogen-bond acceptors (Lipinski definition) is 5. The molecule has 1 atom stereocenters. The minimum Gasteiger partial charge on any atom is -0.369 e. The number of aromatic nitrogens is 1. The summed E-state index contributed by atoms with van der Waals surface area (Å²) in [7, 11) is -1.20. The second kappa shape index (κ2) is 7.96. The number of carbonyl (C=O) groups excluding carboxylic acids is 1. The molecule has 33 heavy (non-hydrogen) atoms. The maximum Gasteiger partial charge on any atom is 0.232 e. The molecule has 1 aromatic carbocycles. The molecule has 1 saturated heterocycles. The van der Waals surface area contributed by atoms with Crippen molar-refractivity contribution in [3.05, 3.63) is 52.8 Å². The van der Waals surface area contributed by atoms with Crippen LogP contribution in [-0.2, 0) is 26.8 Å². The van der Waals surface area contributed by atoms with Crippen LogP contribution < -0.4 is 9.80 Å². The molecule has 1 aliphatic carbocycles. The minimum atomic E-state index is -3.17. The number of halogens is 1. The number of amides is 1. The first-order valence-electron chi connectivity index (χ1n) is 11.4. The van der Waals surface area contributed by atoms with E-state index in [1.165, 1.54) is 0 Å². The van der Waals surface area contributed by atoms with Crippen LogP contribution in [-0.4, -0.2) is 55.0 Å². The zero-order chi connectivity index (χ0) is 23.5. The summed E-state index contributed by atoms with van der Waals surface area (Å²) in [5.74, 6) is 0.0130. The van der Waals surface area contributed by atoms with Crippen molar-refractivity contribution in [1.82, 2.24) is 9.29 Å². The van der Waals surface area contributed by atoms with Crippen molar-refractivity contribution in [3.8, 4) is 0 Å². The highest BCUT2D eigenvalue weighted by atomic mass is 35.5. The number of pyridine rings is 1. The van der Waals surface area contributed by atoms with Crippen molar-refractivity contribution in [2.75, 3.05) is 29.9 Å². The predicted molar refractivity (Wildman–Crippen MR) is 130 cm³/mol. The molecule has 7 nitrogen and oxygen atoms in total. The number of nitrogens with zero attached hydrogens (tertiary/aromatic N) is 4. The molecule has 9 heteroatoms. The van der Waals surface area contributed by atoms with Gasteiger partial charge in [-0.1, -0.05) is 17.7 Å². The van der Waals surface area contributed by atoms with E-state index in [2.05, 4.69) is 9.88 Å². The molecule has 0 spiro atoms. The van der Waals surface area contributed by atoms with E-state index < -0.39 is 15.6 Å². The third-order valence-electron chi connectivity index (χ3n) is 7.24. The van der Waals surface area contributed by atoms with Gasteiger partial charge >= 0.3 is 0 Å². The Morgan fingerprint density at radius 2 is 1.91 bits per heavy atom. The molecular weight excluding hydrogens is 460 g/mol. The van der Waals surface area contributed by atoms with Crippen LogP contribution in [0.2, 0.25) is 5.02 Å². The van der Waals surface area contributed by atoms with Crippen LogP contribution in [0.15, 0.2) is 36.7 Å². The van der Waals surface area contributed by atoms with Crippen LogP contribution in [0.1, 0.15) is 44.2 Å². The van der Waals surface area contributed by atoms with E-state index in [0.29, 0.717) is 24.5 Å². The maximum atomic E-state index is 13.2. The molecule has 3 aliphatic rings. The van der Waals surface area contributed by atoms with Crippen LogP contribution >= 0.6 is 11.6 Å². The SMILES string of the molecule is CN(c1cncc(N2C(=O)Cc3ccc(Cl)cc3C2(C)C)c1)C1CCN(S(=O)(=O)C2CC2)C1. The third-order valence-corrected chi connectivity index (χ3v) is 9.84. The van der Waals surface area contributed by atoms with E-state index in [1.807, 2.05) is 45.2 Å². The number of carbonyl (C=O) groups is 1. The van der Waals surface area contributed by atoms with Gasteiger partial charge in [0.1, 0.15) is 0 Å². The van der Waals surface area contributed by atoms with Gasteiger partial charge < -0.3 is 9.80 Å². The van der Waals surface area contributed by atoms with Gasteiger partial charge in [0.15, 0.2) is 0 Å². The molecule has 1 saturated carbocycles. The van der Waals surface area contributed by atoms with Gasteiger partial charge in [0, 0.05) is 31.2 Å². The molecule has 5 rings (SSSR count). The van der Waals surface area contributed by atoms with Crippen LogP contribution in [0.25, 0.3) is 0 Å². The lowest BCUT2D eigenvalue weighted by Gasteiger charge is -2.44. The van der Waals surface area contributed by atoms with Gasteiger partial charge in [0.2, 0.25) is 15.9 Å². The Bertz CT molecular complexity index is 1210. The summed E-state index contributed by atoms with van der Waals surface area (Å²) < 4.78 is 26.9. The quantitative estimate of drug-likeness (QED) is 0.643. The highest BCUT2D eigenvalue weighted by molar-refractivity contribution is 7.90. The van der Waals surface area contributed by atoms with Gasteiger partial charge in [-0.15, -0.1) is 0 Å². The maximum absolute atomic E-state index is 13.2. The molecule has 2 fully saturated rings. The molecular formula is C24H29ClN4O3S. The lowest BCUT2D eigenvalue weighted by molar-refractivity contribution is -0.119. The van der Waals surface area contributed by atoms with Gasteiger partial charge in [-0.05, 0) is 62.4 Å². The predicted octanol–water partition coefficient (Wildman–Crippen LogP) is 3.56. The fraction of sp³-hybridized carbons (Fsp3) is 0.500. The van der Waals surface area contributed by atoms with Crippen molar-refractivity contribution in [3.63, 3.8) is 0 Å². The number of fused-ring (bicyclic) bond motifs is 1. The Labute approximate surface area is 200 Å². The zero-order valence-electron chi connectivity index (χ0n) is 19.2. The third kappa shape index (κ3) is 3.92. The molecule has 2 aliphatic heterocycles. The van der Waals surface area contributed by atoms with E-state index in [4.69, 9.17) is 11.6 Å². The molecule has 1 unspecified atom stereocenters. The standard InChI is InChI=1S/C24H29ClN4O3S/c1-24(2)22-11-17(25)5-4-16(22)10-23(30)29(24)20-12-19(13-26-14-20)27(3)18-8-9-28(15-18)33(31,32)21-6-7-21/h4-5,11-14,18,21H,6-10,15H2,1-3H3. The van der Waals surface area contributed by atoms with Crippen LogP contribution in [0, 0.1) is 0 Å². The fourth-order valence-electron chi connectivity index (χ4n) is 5.19. The Morgan fingerprint density at radius 3 is 2.64 bits per heavy atom. The zero-order valence-corrected chi connectivity index (χ0v) is 20.7. The Balaban J connectivity index is 1.41. The van der Waals surface area contributed by atoms with Crippen molar-refractivity contribution in [1.29, 1.82) is 0 Å². The molecule has 0 radical (unpaired) electrons. The number of anilines is 2. The van der Waals surface area contributed by atoms with Crippen LogP contribution in [0.5, 0.6) is 0 Å². The second-order valence-corrected chi connectivity index (χ2v) is 12.5. The first kappa shape index (κ1) is 22.6. The van der Waals surface area contributed by atoms with Crippen molar-refractivity contribution in [2.45, 2.75) is 56.4 Å². The van der Waals surface area contributed by atoms with Gasteiger partial charge in [-0.25, -0.2) is 8.42 Å². The molecule has 1 aromatic heterocycles. The molecule has 0 N–H and O–H groups in total. The lowest BCUT2D eigenvalue weighted by atomic mass is 9.82. The van der Waals surface area contributed by atoms with Crippen molar-refractivity contribution < 1.29 is 13.2 Å². The molecule has 2 aromatic rings. The largest absolute Gasteiger partial charge is 0.369 e. The molecule has 3 heterocycles.